The van der Waals surface area contributed by atoms with E-state index in [1.807, 2.05) is 0 Å². The van der Waals surface area contributed by atoms with E-state index in [4.69, 9.17) is 0 Å². The van der Waals surface area contributed by atoms with Crippen LogP contribution in [-0.2, 0) is 10.0 Å². The van der Waals surface area contributed by atoms with Crippen LogP contribution in [0.4, 0.5) is 0 Å². The quantitative estimate of drug-likeness (QED) is 0.723. The summed E-state index contributed by atoms with van der Waals surface area (Å²) in [5.41, 5.74) is 0.362. The Morgan fingerprint density at radius 1 is 1.31 bits per heavy atom. The molecule has 16 heavy (non-hydrogen) atoms. The van der Waals surface area contributed by atoms with Crippen LogP contribution in [-0.4, -0.2) is 32.8 Å². The van der Waals surface area contributed by atoms with Crippen molar-refractivity contribution in [1.29, 1.82) is 0 Å². The van der Waals surface area contributed by atoms with E-state index in [0.717, 1.165) is 10.4 Å². The topological polar surface area (TPSA) is 77.5 Å². The van der Waals surface area contributed by atoms with E-state index >= 15 is 0 Å². The van der Waals surface area contributed by atoms with E-state index in [2.05, 4.69) is 0 Å². The fourth-order valence-electron chi connectivity index (χ4n) is 1.19. The Balaban J connectivity index is 3.40. The highest BCUT2D eigenvalue weighted by Crippen LogP contribution is 2.17. The van der Waals surface area contributed by atoms with Crippen LogP contribution in [0.15, 0.2) is 23.1 Å². The summed E-state index contributed by atoms with van der Waals surface area (Å²) in [7, 11) is -0.842. The van der Waals surface area contributed by atoms with Gasteiger partial charge in [0.25, 0.3) is 0 Å². The summed E-state index contributed by atoms with van der Waals surface area (Å²) >= 11 is 0. The second-order valence-corrected chi connectivity index (χ2v) is 5.70. The van der Waals surface area contributed by atoms with Gasteiger partial charge in [0, 0.05) is 19.7 Å². The first-order valence-electron chi connectivity index (χ1n) is 4.51. The molecule has 88 valence electrons. The lowest BCUT2D eigenvalue weighted by molar-refractivity contribution is -0.255. The van der Waals surface area contributed by atoms with Gasteiger partial charge in [-0.05, 0) is 24.6 Å². The summed E-state index contributed by atoms with van der Waals surface area (Å²) in [6.07, 6.45) is 0. The number of carboxylic acid groups (broad SMARTS) is 1. The molecular formula is C10H12NO4S-. The molecular weight excluding hydrogens is 230 g/mol. The van der Waals surface area contributed by atoms with Crippen LogP contribution < -0.4 is 5.11 Å². The summed E-state index contributed by atoms with van der Waals surface area (Å²) in [5, 5.41) is 10.8. The molecule has 0 aliphatic heterocycles. The highest BCUT2D eigenvalue weighted by molar-refractivity contribution is 7.89. The standard InChI is InChI=1S/C10H13NO4S/c1-7-4-5-8(6-9(7)10(12)13)16(14,15)11(2)3/h4-6H,1-3H3,(H,12,13)/p-1. The van der Waals surface area contributed by atoms with E-state index < -0.39 is 16.0 Å². The van der Waals surface area contributed by atoms with Gasteiger partial charge < -0.3 is 9.90 Å². The molecule has 0 bridgehead atoms. The van der Waals surface area contributed by atoms with Crippen LogP contribution in [0.2, 0.25) is 0 Å². The first-order valence-corrected chi connectivity index (χ1v) is 5.95. The van der Waals surface area contributed by atoms with Gasteiger partial charge in [-0.15, -0.1) is 0 Å². The molecule has 0 aromatic heterocycles. The zero-order chi connectivity index (χ0) is 12.5. The Kier molecular flexibility index (Phi) is 3.35. The van der Waals surface area contributed by atoms with Gasteiger partial charge in [-0.1, -0.05) is 6.07 Å². The molecule has 0 aliphatic carbocycles. The minimum atomic E-state index is -3.61. The maximum Gasteiger partial charge on any atom is 0.242 e. The third-order valence-corrected chi connectivity index (χ3v) is 4.02. The van der Waals surface area contributed by atoms with Gasteiger partial charge in [0.1, 0.15) is 0 Å². The number of hydrogen-bond acceptors (Lipinski definition) is 4. The molecule has 0 unspecified atom stereocenters. The normalized spacial score (nSPS) is 11.8. The number of hydrogen-bond donors (Lipinski definition) is 0. The van der Waals surface area contributed by atoms with Crippen LogP contribution in [0.25, 0.3) is 0 Å². The van der Waals surface area contributed by atoms with E-state index in [0.29, 0.717) is 5.56 Å². The summed E-state index contributed by atoms with van der Waals surface area (Å²) in [4.78, 5) is 10.7. The number of carboxylic acids is 1. The van der Waals surface area contributed by atoms with Crippen LogP contribution in [0, 0.1) is 6.92 Å². The van der Waals surface area contributed by atoms with Crippen LogP contribution >= 0.6 is 0 Å². The zero-order valence-corrected chi connectivity index (χ0v) is 10.0. The van der Waals surface area contributed by atoms with E-state index in [-0.39, 0.29) is 10.5 Å². The molecule has 5 nitrogen and oxygen atoms in total. The summed E-state index contributed by atoms with van der Waals surface area (Å²) in [6.45, 7) is 1.58. The van der Waals surface area contributed by atoms with Crippen molar-refractivity contribution >= 4 is 16.0 Å². The first kappa shape index (κ1) is 12.7. The molecule has 6 heteroatoms. The van der Waals surface area contributed by atoms with E-state index in [1.54, 1.807) is 6.92 Å². The van der Waals surface area contributed by atoms with Gasteiger partial charge in [0.05, 0.1) is 10.9 Å². The highest BCUT2D eigenvalue weighted by Gasteiger charge is 2.18. The van der Waals surface area contributed by atoms with Gasteiger partial charge in [0.15, 0.2) is 0 Å². The average molecular weight is 242 g/mol. The van der Waals surface area contributed by atoms with E-state index in [1.165, 1.54) is 26.2 Å². The molecule has 1 aromatic rings. The Hall–Kier alpha value is -1.40. The summed E-state index contributed by atoms with van der Waals surface area (Å²) < 4.78 is 24.5. The van der Waals surface area contributed by atoms with Gasteiger partial charge in [-0.2, -0.15) is 0 Å². The molecule has 0 heterocycles. The Bertz CT molecular complexity index is 520. The maximum absolute atomic E-state index is 11.7. The van der Waals surface area contributed by atoms with E-state index in [9.17, 15) is 18.3 Å². The minimum Gasteiger partial charge on any atom is -0.545 e. The van der Waals surface area contributed by atoms with Crippen LogP contribution in [0.5, 0.6) is 0 Å². The first-order chi connectivity index (χ1) is 7.26. The molecule has 0 spiro atoms. The number of benzene rings is 1. The van der Waals surface area contributed by atoms with Gasteiger partial charge in [-0.3, -0.25) is 0 Å². The lowest BCUT2D eigenvalue weighted by Gasteiger charge is -2.14. The number of carbonyl (C=O) groups is 1. The van der Waals surface area contributed by atoms with Gasteiger partial charge >= 0.3 is 0 Å². The predicted molar refractivity (Wildman–Crippen MR) is 56.4 cm³/mol. The lowest BCUT2D eigenvalue weighted by atomic mass is 10.1. The number of aryl methyl sites for hydroxylation is 1. The van der Waals surface area contributed by atoms with Crippen LogP contribution in [0.3, 0.4) is 0 Å². The van der Waals surface area contributed by atoms with Crippen molar-refractivity contribution in [2.24, 2.45) is 0 Å². The Morgan fingerprint density at radius 2 is 1.88 bits per heavy atom. The third kappa shape index (κ3) is 2.23. The molecule has 0 aliphatic rings. The second-order valence-electron chi connectivity index (χ2n) is 3.55. The van der Waals surface area contributed by atoms with Crippen molar-refractivity contribution in [1.82, 2.24) is 4.31 Å². The second kappa shape index (κ2) is 4.23. The SMILES string of the molecule is Cc1ccc(S(=O)(=O)N(C)C)cc1C(=O)[O-]. The average Bonchev–Trinajstić information content (AvgIpc) is 2.17. The molecule has 0 saturated heterocycles. The molecule has 0 fully saturated rings. The van der Waals surface area contributed by atoms with Gasteiger partial charge in [0.2, 0.25) is 10.0 Å². The Morgan fingerprint density at radius 3 is 2.31 bits per heavy atom. The number of aromatic carboxylic acids is 1. The fourth-order valence-corrected chi connectivity index (χ4v) is 2.12. The van der Waals surface area contributed by atoms with Crippen molar-refractivity contribution < 1.29 is 18.3 Å². The Labute approximate surface area is 94.4 Å². The van der Waals surface area contributed by atoms with Gasteiger partial charge in [-0.25, -0.2) is 12.7 Å². The molecule has 0 radical (unpaired) electrons. The summed E-state index contributed by atoms with van der Waals surface area (Å²) in [6, 6.07) is 3.93. The van der Waals surface area contributed by atoms with Crippen molar-refractivity contribution in [3.8, 4) is 0 Å². The largest absolute Gasteiger partial charge is 0.545 e. The number of sulfonamides is 1. The monoisotopic (exact) mass is 242 g/mol. The summed E-state index contributed by atoms with van der Waals surface area (Å²) in [5.74, 6) is -1.38. The molecule has 0 amide bonds. The maximum atomic E-state index is 11.7. The minimum absolute atomic E-state index is 0.0534. The molecule has 0 saturated carbocycles. The number of rotatable bonds is 3. The van der Waals surface area contributed by atoms with Crippen molar-refractivity contribution in [2.75, 3.05) is 14.1 Å². The predicted octanol–water partition coefficient (Wildman–Crippen LogP) is -0.391. The van der Waals surface area contributed by atoms with Crippen LogP contribution in [0.1, 0.15) is 15.9 Å². The van der Waals surface area contributed by atoms with Crippen molar-refractivity contribution in [3.63, 3.8) is 0 Å². The molecule has 1 aromatic carbocycles. The number of carbonyl (C=O) groups excluding carboxylic acids is 1. The van der Waals surface area contributed by atoms with Crippen molar-refractivity contribution in [2.45, 2.75) is 11.8 Å². The number of nitrogens with zero attached hydrogens (tertiary/aromatic N) is 1. The molecule has 0 atom stereocenters. The fraction of sp³-hybridized carbons (Fsp3) is 0.300. The van der Waals surface area contributed by atoms with Crippen molar-refractivity contribution in [3.05, 3.63) is 29.3 Å². The molecule has 0 N–H and O–H groups in total. The zero-order valence-electron chi connectivity index (χ0n) is 9.22. The third-order valence-electron chi connectivity index (χ3n) is 2.21. The highest BCUT2D eigenvalue weighted by atomic mass is 32.2. The smallest absolute Gasteiger partial charge is 0.242 e. The molecule has 1 rings (SSSR count). The lowest BCUT2D eigenvalue weighted by Crippen LogP contribution is -2.25.